The zero-order chi connectivity index (χ0) is 20.1. The molecule has 8 nitrogen and oxygen atoms in total. The molecule has 0 aromatic carbocycles. The van der Waals surface area contributed by atoms with Gasteiger partial charge in [0.15, 0.2) is 0 Å². The first-order valence-corrected chi connectivity index (χ1v) is 10.8. The van der Waals surface area contributed by atoms with Crippen LogP contribution in [0.25, 0.3) is 10.8 Å². The Balaban J connectivity index is 1.42. The average Bonchev–Trinajstić information content (AvgIpc) is 3.13. The highest BCUT2D eigenvalue weighted by atomic mass is 31.1. The van der Waals surface area contributed by atoms with Crippen LogP contribution in [0.5, 0.6) is 0 Å². The molecule has 1 N–H and O–H groups in total. The Morgan fingerprint density at radius 1 is 1.21 bits per heavy atom. The lowest BCUT2D eigenvalue weighted by Gasteiger charge is -2.39. The molecule has 5 rings (SSSR count). The Kier molecular flexibility index (Phi) is 4.41. The number of amides is 1. The van der Waals surface area contributed by atoms with Crippen molar-refractivity contribution in [1.82, 2.24) is 29.3 Å². The number of hydrogen-bond acceptors (Lipinski definition) is 5. The molecular formula is C20H23N6O2P. The fraction of sp³-hybridized carbons (Fsp3) is 0.350. The molecule has 0 spiro atoms. The molecule has 0 saturated carbocycles. The maximum Gasteiger partial charge on any atom is 0.274 e. The van der Waals surface area contributed by atoms with Gasteiger partial charge in [-0.25, -0.2) is 4.52 Å². The van der Waals surface area contributed by atoms with E-state index in [0.717, 1.165) is 42.9 Å². The molecule has 2 atom stereocenters. The van der Waals surface area contributed by atoms with E-state index in [9.17, 15) is 9.59 Å². The molecule has 1 amide bonds. The molecule has 150 valence electrons. The molecule has 3 aliphatic rings. The number of nitrogens with zero attached hydrogens (tertiary/aromatic N) is 5. The first-order chi connectivity index (χ1) is 14.0. The molecule has 0 bridgehead atoms. The fourth-order valence-electron chi connectivity index (χ4n) is 3.92. The van der Waals surface area contributed by atoms with E-state index in [0.29, 0.717) is 19.8 Å². The fourth-order valence-corrected chi connectivity index (χ4v) is 5.25. The number of fused-ring (bicyclic) bond motifs is 2. The van der Waals surface area contributed by atoms with Gasteiger partial charge in [-0.1, -0.05) is 14.7 Å². The summed E-state index contributed by atoms with van der Waals surface area (Å²) in [5, 5.41) is 5.42. The Labute approximate surface area is 169 Å². The van der Waals surface area contributed by atoms with Gasteiger partial charge in [-0.05, 0) is 26.1 Å². The van der Waals surface area contributed by atoms with Gasteiger partial charge in [0.2, 0.25) is 0 Å². The number of H-pyrrole nitrogens is 1. The van der Waals surface area contributed by atoms with E-state index >= 15 is 0 Å². The number of carbonyl (C=O) groups is 1. The third-order valence-electron chi connectivity index (χ3n) is 5.59. The molecule has 0 radical (unpaired) electrons. The molecule has 3 aliphatic heterocycles. The number of hydrogen-bond donors (Lipinski definition) is 1. The average molecular weight is 410 g/mol. The zero-order valence-electron chi connectivity index (χ0n) is 16.4. The molecule has 2 aromatic heterocycles. The maximum atomic E-state index is 12.9. The lowest BCUT2D eigenvalue weighted by Crippen LogP contribution is -2.45. The SMILES string of the molecule is Cc1cn2nc(C3=CC(=O)N4C=C(N5CCN(C)CC5)C=CC4P3)cc2c(=O)[nH]1. The molecule has 1 saturated heterocycles. The number of allylic oxidation sites excluding steroid dienone is 1. The lowest BCUT2D eigenvalue weighted by molar-refractivity contribution is -0.123. The first kappa shape index (κ1) is 18.3. The number of aromatic amines is 1. The van der Waals surface area contributed by atoms with Crippen molar-refractivity contribution in [1.29, 1.82) is 0 Å². The van der Waals surface area contributed by atoms with Crippen LogP contribution in [0.3, 0.4) is 0 Å². The highest BCUT2D eigenvalue weighted by Gasteiger charge is 2.30. The van der Waals surface area contributed by atoms with Crippen molar-refractivity contribution >= 4 is 25.3 Å². The van der Waals surface area contributed by atoms with Gasteiger partial charge in [0.05, 0.1) is 17.2 Å². The summed E-state index contributed by atoms with van der Waals surface area (Å²) < 4.78 is 1.59. The van der Waals surface area contributed by atoms with Gasteiger partial charge in [-0.2, -0.15) is 5.10 Å². The molecule has 0 aliphatic carbocycles. The quantitative estimate of drug-likeness (QED) is 0.753. The smallest absolute Gasteiger partial charge is 0.274 e. The van der Waals surface area contributed by atoms with Crippen LogP contribution in [-0.2, 0) is 4.79 Å². The van der Waals surface area contributed by atoms with Crippen molar-refractivity contribution in [2.75, 3.05) is 33.2 Å². The molecule has 2 unspecified atom stereocenters. The van der Waals surface area contributed by atoms with Crippen LogP contribution >= 0.6 is 8.58 Å². The summed E-state index contributed by atoms with van der Waals surface area (Å²) >= 11 is 0. The minimum absolute atomic E-state index is 0.00328. The number of aromatic nitrogens is 3. The number of likely N-dealkylation sites (N-methyl/N-ethyl adjacent to an activating group) is 1. The maximum absolute atomic E-state index is 12.9. The lowest BCUT2D eigenvalue weighted by atomic mass is 10.2. The van der Waals surface area contributed by atoms with Crippen molar-refractivity contribution in [2.45, 2.75) is 12.7 Å². The van der Waals surface area contributed by atoms with Gasteiger partial charge in [-0.3, -0.25) is 9.59 Å². The second kappa shape index (κ2) is 6.97. The van der Waals surface area contributed by atoms with Crippen molar-refractivity contribution in [3.63, 3.8) is 0 Å². The number of carbonyl (C=O) groups excluding carboxylic acids is 1. The standard InChI is InChI=1S/C20H23N6O2P/c1-13-11-26-16(20(28)21-13)9-15(22-26)17-10-18(27)25-12-14(3-4-19(25)29-17)24-7-5-23(2)6-8-24/h3-4,9-12,19,29H,5-8H2,1-2H3,(H,21,28). The first-order valence-electron chi connectivity index (χ1n) is 9.72. The molecule has 9 heteroatoms. The molecule has 29 heavy (non-hydrogen) atoms. The van der Waals surface area contributed by atoms with Crippen LogP contribution in [0.4, 0.5) is 0 Å². The molecular weight excluding hydrogens is 387 g/mol. The van der Waals surface area contributed by atoms with E-state index in [2.05, 4.69) is 39.1 Å². The Morgan fingerprint density at radius 3 is 2.79 bits per heavy atom. The Bertz CT molecular complexity index is 1140. The summed E-state index contributed by atoms with van der Waals surface area (Å²) in [6, 6.07) is 1.76. The molecule has 1 fully saturated rings. The molecule has 2 aromatic rings. The number of rotatable bonds is 2. The van der Waals surface area contributed by atoms with Crippen LogP contribution in [0, 0.1) is 6.92 Å². The van der Waals surface area contributed by atoms with E-state index < -0.39 is 0 Å². The van der Waals surface area contributed by atoms with Gasteiger partial charge in [0, 0.05) is 55.7 Å². The second-order valence-electron chi connectivity index (χ2n) is 7.72. The van der Waals surface area contributed by atoms with Crippen molar-refractivity contribution in [3.05, 3.63) is 64.1 Å². The van der Waals surface area contributed by atoms with Crippen molar-refractivity contribution in [2.24, 2.45) is 0 Å². The summed E-state index contributed by atoms with van der Waals surface area (Å²) in [4.78, 5) is 34.3. The normalized spacial score (nSPS) is 23.5. The summed E-state index contributed by atoms with van der Waals surface area (Å²) in [6.45, 7) is 5.82. The monoisotopic (exact) mass is 410 g/mol. The minimum atomic E-state index is -0.172. The van der Waals surface area contributed by atoms with E-state index in [4.69, 9.17) is 0 Å². The van der Waals surface area contributed by atoms with E-state index in [1.54, 1.807) is 22.9 Å². The van der Waals surface area contributed by atoms with Crippen molar-refractivity contribution < 1.29 is 4.79 Å². The second-order valence-corrected chi connectivity index (χ2v) is 9.14. The van der Waals surface area contributed by atoms with E-state index in [-0.39, 0.29) is 17.2 Å². The zero-order valence-corrected chi connectivity index (χ0v) is 17.4. The third-order valence-corrected chi connectivity index (χ3v) is 7.06. The summed E-state index contributed by atoms with van der Waals surface area (Å²) in [5.41, 5.74) is 2.85. The van der Waals surface area contributed by atoms with E-state index in [1.807, 2.05) is 18.0 Å². The predicted molar refractivity (Wildman–Crippen MR) is 114 cm³/mol. The number of aryl methyl sites for hydroxylation is 1. The van der Waals surface area contributed by atoms with Gasteiger partial charge in [-0.15, -0.1) is 0 Å². The highest BCUT2D eigenvalue weighted by Crippen LogP contribution is 2.44. The minimum Gasteiger partial charge on any atom is -0.368 e. The van der Waals surface area contributed by atoms with Crippen LogP contribution in [0.15, 0.2) is 47.2 Å². The topological polar surface area (TPSA) is 77.0 Å². The van der Waals surface area contributed by atoms with Crippen LogP contribution in [-0.4, -0.2) is 74.2 Å². The predicted octanol–water partition coefficient (Wildman–Crippen LogP) is 1.18. The van der Waals surface area contributed by atoms with Gasteiger partial charge >= 0.3 is 0 Å². The Hall–Kier alpha value is -2.70. The van der Waals surface area contributed by atoms with E-state index in [1.165, 1.54) is 0 Å². The van der Waals surface area contributed by atoms with Gasteiger partial charge in [0.25, 0.3) is 11.5 Å². The summed E-state index contributed by atoms with van der Waals surface area (Å²) in [7, 11) is 2.51. The van der Waals surface area contributed by atoms with Gasteiger partial charge in [0.1, 0.15) is 5.52 Å². The van der Waals surface area contributed by atoms with Crippen molar-refractivity contribution in [3.8, 4) is 0 Å². The Morgan fingerprint density at radius 2 is 2.00 bits per heavy atom. The van der Waals surface area contributed by atoms with Gasteiger partial charge < -0.3 is 19.7 Å². The van der Waals surface area contributed by atoms with Crippen LogP contribution < -0.4 is 5.56 Å². The summed E-state index contributed by atoms with van der Waals surface area (Å²) in [6.07, 6.45) is 9.68. The largest absolute Gasteiger partial charge is 0.368 e. The van der Waals surface area contributed by atoms with Crippen LogP contribution in [0.2, 0.25) is 0 Å². The third kappa shape index (κ3) is 3.32. The summed E-state index contributed by atoms with van der Waals surface area (Å²) in [5.74, 6) is -0.0366. The highest BCUT2D eigenvalue weighted by molar-refractivity contribution is 7.51. The van der Waals surface area contributed by atoms with Crippen LogP contribution in [0.1, 0.15) is 11.4 Å². The number of piperazine rings is 1. The molecule has 5 heterocycles. The number of nitrogens with one attached hydrogen (secondary N) is 1.